The Morgan fingerprint density at radius 3 is 1.40 bits per heavy atom. The van der Waals surface area contributed by atoms with E-state index in [1.54, 1.807) is 24.3 Å². The molecule has 0 aliphatic rings. The number of halogens is 2. The molecule has 2 rings (SSSR count). The quantitative estimate of drug-likeness (QED) is 0.728. The Morgan fingerprint density at radius 1 is 0.750 bits per heavy atom. The Bertz CT molecular complexity index is 513. The maximum Gasteiger partial charge on any atom is 0.185 e. The largest absolute Gasteiger partial charge is 0.407 e. The smallest absolute Gasteiger partial charge is 0.185 e. The lowest BCUT2D eigenvalue weighted by atomic mass is 10.0. The van der Waals surface area contributed by atoms with E-state index in [0.29, 0.717) is 0 Å². The summed E-state index contributed by atoms with van der Waals surface area (Å²) in [4.78, 5) is 0. The van der Waals surface area contributed by atoms with E-state index in [1.165, 1.54) is 24.3 Å². The molecule has 0 aliphatic heterocycles. The van der Waals surface area contributed by atoms with Crippen molar-refractivity contribution in [2.24, 2.45) is 0 Å². The normalized spacial score (nSPS) is 11.9. The molecular formula is C16H18F2OSi. The van der Waals surface area contributed by atoms with Crippen LogP contribution in [0.3, 0.4) is 0 Å². The third-order valence-corrected chi connectivity index (χ3v) is 3.76. The Balaban J connectivity index is 2.38. The molecule has 0 spiro atoms. The summed E-state index contributed by atoms with van der Waals surface area (Å²) in [6, 6.07) is 12.5. The van der Waals surface area contributed by atoms with Crippen molar-refractivity contribution in [2.45, 2.75) is 25.7 Å². The predicted octanol–water partition coefficient (Wildman–Crippen LogP) is 4.91. The highest BCUT2D eigenvalue weighted by Gasteiger charge is 2.23. The fraction of sp³-hybridized carbons (Fsp3) is 0.250. The van der Waals surface area contributed by atoms with Crippen LogP contribution >= 0.6 is 0 Å². The van der Waals surface area contributed by atoms with Gasteiger partial charge in [-0.2, -0.15) is 0 Å². The van der Waals surface area contributed by atoms with Gasteiger partial charge in [0.05, 0.1) is 6.10 Å². The summed E-state index contributed by atoms with van der Waals surface area (Å²) >= 11 is 0. The minimum Gasteiger partial charge on any atom is -0.407 e. The van der Waals surface area contributed by atoms with E-state index in [9.17, 15) is 8.78 Å². The van der Waals surface area contributed by atoms with Gasteiger partial charge in [-0.3, -0.25) is 0 Å². The number of hydrogen-bond donors (Lipinski definition) is 0. The van der Waals surface area contributed by atoms with Gasteiger partial charge in [-0.05, 0) is 55.0 Å². The van der Waals surface area contributed by atoms with Gasteiger partial charge >= 0.3 is 0 Å². The van der Waals surface area contributed by atoms with E-state index in [0.717, 1.165) is 11.1 Å². The van der Waals surface area contributed by atoms with E-state index in [4.69, 9.17) is 4.43 Å². The van der Waals surface area contributed by atoms with Crippen molar-refractivity contribution >= 4 is 8.32 Å². The van der Waals surface area contributed by atoms with Gasteiger partial charge in [0.1, 0.15) is 11.6 Å². The summed E-state index contributed by atoms with van der Waals surface area (Å²) in [6.45, 7) is 6.27. The van der Waals surface area contributed by atoms with Gasteiger partial charge < -0.3 is 4.43 Å². The molecule has 0 atom stereocenters. The second kappa shape index (κ2) is 5.85. The molecule has 0 saturated carbocycles. The van der Waals surface area contributed by atoms with Crippen LogP contribution in [0.15, 0.2) is 48.5 Å². The molecule has 0 saturated heterocycles. The molecule has 0 fully saturated rings. The van der Waals surface area contributed by atoms with Crippen molar-refractivity contribution in [1.29, 1.82) is 0 Å². The molecule has 1 nitrogen and oxygen atoms in total. The first kappa shape index (κ1) is 14.9. The number of hydrogen-bond acceptors (Lipinski definition) is 1. The van der Waals surface area contributed by atoms with E-state index in [2.05, 4.69) is 19.6 Å². The van der Waals surface area contributed by atoms with Crippen molar-refractivity contribution in [3.63, 3.8) is 0 Å². The Morgan fingerprint density at radius 2 is 1.10 bits per heavy atom. The first-order valence-electron chi connectivity index (χ1n) is 6.54. The second-order valence-corrected chi connectivity index (χ2v) is 10.2. The molecule has 106 valence electrons. The van der Waals surface area contributed by atoms with Crippen LogP contribution < -0.4 is 0 Å². The lowest BCUT2D eigenvalue weighted by Gasteiger charge is -2.27. The van der Waals surface area contributed by atoms with Gasteiger partial charge in [0, 0.05) is 0 Å². The van der Waals surface area contributed by atoms with Crippen molar-refractivity contribution in [3.05, 3.63) is 71.3 Å². The van der Waals surface area contributed by atoms with Gasteiger partial charge in [-0.25, -0.2) is 8.78 Å². The monoisotopic (exact) mass is 292 g/mol. The van der Waals surface area contributed by atoms with Gasteiger partial charge in [-0.15, -0.1) is 0 Å². The molecule has 2 aromatic rings. The van der Waals surface area contributed by atoms with Crippen molar-refractivity contribution in [3.8, 4) is 0 Å². The molecule has 0 N–H and O–H groups in total. The van der Waals surface area contributed by atoms with E-state index in [1.807, 2.05) is 0 Å². The third-order valence-electron chi connectivity index (χ3n) is 2.82. The Labute approximate surface area is 119 Å². The first-order chi connectivity index (χ1) is 9.35. The van der Waals surface area contributed by atoms with Crippen molar-refractivity contribution in [1.82, 2.24) is 0 Å². The van der Waals surface area contributed by atoms with Gasteiger partial charge in [0.15, 0.2) is 8.32 Å². The molecule has 0 aromatic heterocycles. The Kier molecular flexibility index (Phi) is 4.35. The molecule has 0 aliphatic carbocycles. The highest BCUT2D eigenvalue weighted by atomic mass is 28.4. The summed E-state index contributed by atoms with van der Waals surface area (Å²) in [5.74, 6) is -0.556. The SMILES string of the molecule is C[Si](C)(C)OC(c1ccc(F)cc1)c1ccc(F)cc1. The molecule has 0 unspecified atom stereocenters. The topological polar surface area (TPSA) is 9.23 Å². The minimum absolute atomic E-state index is 0.278. The fourth-order valence-corrected chi connectivity index (χ4v) is 2.94. The zero-order valence-electron chi connectivity index (χ0n) is 11.9. The van der Waals surface area contributed by atoms with Crippen molar-refractivity contribution in [2.75, 3.05) is 0 Å². The molecule has 0 bridgehead atoms. The van der Waals surface area contributed by atoms with Crippen LogP contribution in [-0.4, -0.2) is 8.32 Å². The van der Waals surface area contributed by atoms with Crippen LogP contribution in [0.1, 0.15) is 17.2 Å². The Hall–Kier alpha value is -1.52. The van der Waals surface area contributed by atoms with Crippen LogP contribution in [0.2, 0.25) is 19.6 Å². The standard InChI is InChI=1S/C16H18F2OSi/c1-20(2,3)19-16(12-4-8-14(17)9-5-12)13-6-10-15(18)11-7-13/h4-11,16H,1-3H3. The number of rotatable bonds is 4. The van der Waals surface area contributed by atoms with E-state index >= 15 is 0 Å². The molecule has 4 heteroatoms. The van der Waals surface area contributed by atoms with E-state index in [-0.39, 0.29) is 17.7 Å². The van der Waals surface area contributed by atoms with Gasteiger partial charge in [-0.1, -0.05) is 24.3 Å². The summed E-state index contributed by atoms with van der Waals surface area (Å²) in [5.41, 5.74) is 1.75. The summed E-state index contributed by atoms with van der Waals surface area (Å²) < 4.78 is 32.3. The van der Waals surface area contributed by atoms with E-state index < -0.39 is 8.32 Å². The van der Waals surface area contributed by atoms with Gasteiger partial charge in [0.25, 0.3) is 0 Å². The predicted molar refractivity (Wildman–Crippen MR) is 79.1 cm³/mol. The lowest BCUT2D eigenvalue weighted by molar-refractivity contribution is 0.239. The average Bonchev–Trinajstić information content (AvgIpc) is 2.37. The molecule has 0 radical (unpaired) electrons. The van der Waals surface area contributed by atoms with Crippen LogP contribution in [0.5, 0.6) is 0 Å². The van der Waals surface area contributed by atoms with Gasteiger partial charge in [0.2, 0.25) is 0 Å². The minimum atomic E-state index is -1.80. The highest BCUT2D eigenvalue weighted by Crippen LogP contribution is 2.29. The molecule has 0 amide bonds. The van der Waals surface area contributed by atoms with Crippen LogP contribution in [0.4, 0.5) is 8.78 Å². The van der Waals surface area contributed by atoms with Crippen LogP contribution in [0, 0.1) is 11.6 Å². The second-order valence-electron chi connectivity index (χ2n) is 5.71. The van der Waals surface area contributed by atoms with Crippen LogP contribution in [0.25, 0.3) is 0 Å². The van der Waals surface area contributed by atoms with Crippen LogP contribution in [-0.2, 0) is 4.43 Å². The number of benzene rings is 2. The lowest BCUT2D eigenvalue weighted by Crippen LogP contribution is -2.28. The summed E-state index contributed by atoms with van der Waals surface area (Å²) in [6.07, 6.45) is -0.289. The molecule has 2 aromatic carbocycles. The third kappa shape index (κ3) is 3.98. The zero-order valence-corrected chi connectivity index (χ0v) is 12.9. The maximum atomic E-state index is 13.1. The molecular weight excluding hydrogens is 274 g/mol. The van der Waals surface area contributed by atoms with Crippen molar-refractivity contribution < 1.29 is 13.2 Å². The molecule has 0 heterocycles. The first-order valence-corrected chi connectivity index (χ1v) is 9.95. The maximum absolute atomic E-state index is 13.1. The highest BCUT2D eigenvalue weighted by molar-refractivity contribution is 6.69. The zero-order chi connectivity index (χ0) is 14.8. The summed E-state index contributed by atoms with van der Waals surface area (Å²) in [7, 11) is -1.80. The average molecular weight is 292 g/mol. The summed E-state index contributed by atoms with van der Waals surface area (Å²) in [5, 5.41) is 0. The fourth-order valence-electron chi connectivity index (χ4n) is 1.96. The molecule has 20 heavy (non-hydrogen) atoms.